The molecule has 3 rings (SSSR count). The first kappa shape index (κ1) is 26.3. The predicted molar refractivity (Wildman–Crippen MR) is 143 cm³/mol. The first-order chi connectivity index (χ1) is 16.5. The van der Waals surface area contributed by atoms with Crippen molar-refractivity contribution in [3.8, 4) is 11.5 Å². The van der Waals surface area contributed by atoms with E-state index in [9.17, 15) is 4.79 Å². The van der Waals surface area contributed by atoms with Crippen LogP contribution in [0.3, 0.4) is 0 Å². The van der Waals surface area contributed by atoms with Gasteiger partial charge in [-0.1, -0.05) is 32.0 Å². The van der Waals surface area contributed by atoms with Crippen molar-refractivity contribution in [2.24, 2.45) is 10.4 Å². The molecule has 1 amide bonds. The second-order valence-corrected chi connectivity index (χ2v) is 10.4. The molecule has 0 fully saturated rings. The Morgan fingerprint density at radius 1 is 1.14 bits per heavy atom. The molecule has 1 aliphatic rings. The van der Waals surface area contributed by atoms with E-state index in [-0.39, 0.29) is 11.4 Å². The first-order valence-corrected chi connectivity index (χ1v) is 12.1. The first-order valence-electron chi connectivity index (χ1n) is 12.1. The molecule has 6 heteroatoms. The van der Waals surface area contributed by atoms with Gasteiger partial charge in [-0.15, -0.1) is 0 Å². The molecule has 0 aliphatic carbocycles. The van der Waals surface area contributed by atoms with E-state index in [0.29, 0.717) is 37.0 Å². The summed E-state index contributed by atoms with van der Waals surface area (Å²) in [4.78, 5) is 17.7. The van der Waals surface area contributed by atoms with Crippen LogP contribution < -0.4 is 14.8 Å². The Hall–Kier alpha value is -3.28. The smallest absolute Gasteiger partial charge is 0.230 e. The van der Waals surface area contributed by atoms with Crippen LogP contribution in [-0.4, -0.2) is 37.7 Å². The van der Waals surface area contributed by atoms with Crippen molar-refractivity contribution >= 4 is 23.6 Å². The van der Waals surface area contributed by atoms with Gasteiger partial charge in [0, 0.05) is 11.5 Å². The summed E-state index contributed by atoms with van der Waals surface area (Å²) in [5.41, 5.74) is 3.06. The summed E-state index contributed by atoms with van der Waals surface area (Å²) in [5, 5.41) is 3.06. The molecule has 2 aromatic rings. The zero-order valence-corrected chi connectivity index (χ0v) is 22.0. The zero-order chi connectivity index (χ0) is 25.6. The summed E-state index contributed by atoms with van der Waals surface area (Å²) >= 11 is 0. The summed E-state index contributed by atoms with van der Waals surface area (Å²) < 4.78 is 17.1. The number of aryl methyl sites for hydroxylation is 2. The van der Waals surface area contributed by atoms with Crippen LogP contribution in [0.5, 0.6) is 11.5 Å². The monoisotopic (exact) mass is 478 g/mol. The maximum absolute atomic E-state index is 13.2. The Labute approximate surface area is 209 Å². The Bertz CT molecular complexity index is 1120. The number of benzene rings is 2. The fraction of sp³-hybridized carbons (Fsp3) is 0.448. The molecular weight excluding hydrogens is 440 g/mol. The van der Waals surface area contributed by atoms with Crippen LogP contribution in [-0.2, 0) is 9.53 Å². The van der Waals surface area contributed by atoms with Gasteiger partial charge in [-0.05, 0) is 81.5 Å². The van der Waals surface area contributed by atoms with Crippen molar-refractivity contribution in [1.82, 2.24) is 0 Å². The molecule has 1 N–H and O–H groups in total. The molecule has 6 nitrogen and oxygen atoms in total. The third-order valence-electron chi connectivity index (χ3n) is 6.04. The highest BCUT2D eigenvalue weighted by molar-refractivity contribution is 5.97. The molecule has 0 atom stereocenters. The van der Waals surface area contributed by atoms with Crippen LogP contribution in [0.15, 0.2) is 47.5 Å². The van der Waals surface area contributed by atoms with E-state index >= 15 is 0 Å². The lowest BCUT2D eigenvalue weighted by atomic mass is 9.86. The van der Waals surface area contributed by atoms with Crippen molar-refractivity contribution in [2.45, 2.75) is 59.9 Å². The SMILES string of the molecule is COc1ccc(C=CC2=NC(C)(C)CO2)cc1NC(=O)C(C)(C)CCCOc1cc(C)ccc1C. The fourth-order valence-corrected chi connectivity index (χ4v) is 3.76. The number of nitrogens with zero attached hydrogens (tertiary/aromatic N) is 1. The summed E-state index contributed by atoms with van der Waals surface area (Å²) in [7, 11) is 1.60. The van der Waals surface area contributed by atoms with E-state index in [4.69, 9.17) is 14.2 Å². The van der Waals surface area contributed by atoms with Crippen molar-refractivity contribution in [2.75, 3.05) is 25.6 Å². The topological polar surface area (TPSA) is 69.2 Å². The molecule has 2 aromatic carbocycles. The van der Waals surface area contributed by atoms with Crippen molar-refractivity contribution in [3.63, 3.8) is 0 Å². The number of carbonyl (C=O) groups excluding carboxylic acids is 1. The largest absolute Gasteiger partial charge is 0.495 e. The summed E-state index contributed by atoms with van der Waals surface area (Å²) in [5.74, 6) is 2.06. The number of aliphatic imine (C=N–C) groups is 1. The molecule has 188 valence electrons. The minimum Gasteiger partial charge on any atom is -0.495 e. The molecule has 0 saturated heterocycles. The van der Waals surface area contributed by atoms with E-state index in [0.717, 1.165) is 23.3 Å². The molecule has 0 spiro atoms. The minimum atomic E-state index is -0.570. The van der Waals surface area contributed by atoms with E-state index < -0.39 is 5.41 Å². The lowest BCUT2D eigenvalue weighted by Gasteiger charge is -2.24. The van der Waals surface area contributed by atoms with Crippen LogP contribution in [0.25, 0.3) is 6.08 Å². The molecular formula is C29H38N2O4. The number of carbonyl (C=O) groups is 1. The van der Waals surface area contributed by atoms with Crippen LogP contribution in [0.2, 0.25) is 0 Å². The average Bonchev–Trinajstić information content (AvgIpc) is 3.16. The number of anilines is 1. The molecule has 1 aliphatic heterocycles. The number of nitrogens with one attached hydrogen (secondary N) is 1. The molecule has 0 unspecified atom stereocenters. The van der Waals surface area contributed by atoms with Gasteiger partial charge >= 0.3 is 0 Å². The lowest BCUT2D eigenvalue weighted by Crippen LogP contribution is -2.31. The van der Waals surface area contributed by atoms with Crippen molar-refractivity contribution < 1.29 is 19.0 Å². The lowest BCUT2D eigenvalue weighted by molar-refractivity contribution is -0.124. The normalized spacial score (nSPS) is 15.0. The second kappa shape index (κ2) is 11.0. The van der Waals surface area contributed by atoms with Gasteiger partial charge in [-0.3, -0.25) is 4.79 Å². The maximum Gasteiger partial charge on any atom is 0.230 e. The Morgan fingerprint density at radius 2 is 1.91 bits per heavy atom. The molecule has 0 saturated carbocycles. The van der Waals surface area contributed by atoms with Gasteiger partial charge in [0.1, 0.15) is 18.1 Å². The quantitative estimate of drug-likeness (QED) is 0.404. The van der Waals surface area contributed by atoms with Gasteiger partial charge in [0.25, 0.3) is 0 Å². The van der Waals surface area contributed by atoms with Gasteiger partial charge in [0.2, 0.25) is 11.8 Å². The van der Waals surface area contributed by atoms with Crippen LogP contribution in [0, 0.1) is 19.3 Å². The minimum absolute atomic E-state index is 0.0612. The number of rotatable bonds is 10. The van der Waals surface area contributed by atoms with E-state index in [1.807, 2.05) is 71.0 Å². The van der Waals surface area contributed by atoms with Crippen molar-refractivity contribution in [3.05, 3.63) is 59.2 Å². The van der Waals surface area contributed by atoms with Crippen LogP contribution in [0.4, 0.5) is 5.69 Å². The molecule has 35 heavy (non-hydrogen) atoms. The molecule has 0 radical (unpaired) electrons. The molecule has 1 heterocycles. The number of hydrogen-bond acceptors (Lipinski definition) is 5. The highest BCUT2D eigenvalue weighted by Crippen LogP contribution is 2.31. The molecule has 0 bridgehead atoms. The third-order valence-corrected chi connectivity index (χ3v) is 6.04. The highest BCUT2D eigenvalue weighted by Gasteiger charge is 2.28. The second-order valence-electron chi connectivity index (χ2n) is 10.4. The zero-order valence-electron chi connectivity index (χ0n) is 22.0. The van der Waals surface area contributed by atoms with E-state index in [1.165, 1.54) is 5.56 Å². The highest BCUT2D eigenvalue weighted by atomic mass is 16.5. The standard InChI is InChI=1S/C29H38N2O4/c1-20-9-10-21(2)25(17-20)34-16-8-15-28(3,4)27(32)30-23-18-22(11-13-24(23)33-7)12-14-26-31-29(5,6)19-35-26/h9-14,17-18H,8,15-16,19H2,1-7H3,(H,30,32). The van der Waals surface area contributed by atoms with Crippen LogP contribution in [0.1, 0.15) is 57.2 Å². The average molecular weight is 479 g/mol. The molecule has 0 aromatic heterocycles. The maximum atomic E-state index is 13.2. The summed E-state index contributed by atoms with van der Waals surface area (Å²) in [6, 6.07) is 11.9. The summed E-state index contributed by atoms with van der Waals surface area (Å²) in [6.45, 7) is 13.2. The Balaban J connectivity index is 1.60. The van der Waals surface area contributed by atoms with Gasteiger partial charge in [0.05, 0.1) is 24.9 Å². The van der Waals surface area contributed by atoms with Crippen LogP contribution >= 0.6 is 0 Å². The number of methoxy groups -OCH3 is 1. The third kappa shape index (κ3) is 7.35. The predicted octanol–water partition coefficient (Wildman–Crippen LogP) is 6.36. The Kier molecular flexibility index (Phi) is 8.26. The van der Waals surface area contributed by atoms with Gasteiger partial charge in [-0.25, -0.2) is 4.99 Å². The Morgan fingerprint density at radius 3 is 2.60 bits per heavy atom. The van der Waals surface area contributed by atoms with Crippen molar-refractivity contribution in [1.29, 1.82) is 0 Å². The van der Waals surface area contributed by atoms with Gasteiger partial charge in [-0.2, -0.15) is 0 Å². The van der Waals surface area contributed by atoms with Gasteiger partial charge < -0.3 is 19.5 Å². The fourth-order valence-electron chi connectivity index (χ4n) is 3.76. The van der Waals surface area contributed by atoms with E-state index in [2.05, 4.69) is 29.4 Å². The number of ether oxygens (including phenoxy) is 3. The summed E-state index contributed by atoms with van der Waals surface area (Å²) in [6.07, 6.45) is 5.23. The number of amides is 1. The van der Waals surface area contributed by atoms with E-state index in [1.54, 1.807) is 7.11 Å². The van der Waals surface area contributed by atoms with Gasteiger partial charge in [0.15, 0.2) is 0 Å². The number of hydrogen-bond donors (Lipinski definition) is 1.